The first-order chi connectivity index (χ1) is 14.2. The van der Waals surface area contributed by atoms with E-state index < -0.39 is 5.82 Å². The van der Waals surface area contributed by atoms with Crippen LogP contribution in [0.4, 0.5) is 16.2 Å². The number of methoxy groups -OCH3 is 1. The average molecular weight is 399 g/mol. The van der Waals surface area contributed by atoms with Crippen LogP contribution < -0.4 is 14.5 Å². The monoisotopic (exact) mass is 399 g/mol. The van der Waals surface area contributed by atoms with Gasteiger partial charge in [0.25, 0.3) is 5.91 Å². The molecule has 2 fully saturated rings. The molecule has 0 spiro atoms. The first kappa shape index (κ1) is 19.4. The summed E-state index contributed by atoms with van der Waals surface area (Å²) in [4.78, 5) is 28.1. The number of carbonyl (C=O) groups excluding carboxylic acids is 1. The molecule has 0 unspecified atom stereocenters. The van der Waals surface area contributed by atoms with Crippen molar-refractivity contribution in [1.29, 1.82) is 0 Å². The van der Waals surface area contributed by atoms with E-state index in [0.717, 1.165) is 24.9 Å². The molecule has 1 aromatic carbocycles. The lowest BCUT2D eigenvalue weighted by Crippen LogP contribution is -2.49. The minimum atomic E-state index is -0.525. The first-order valence-corrected chi connectivity index (χ1v) is 10.1. The van der Waals surface area contributed by atoms with Crippen LogP contribution in [-0.2, 0) is 0 Å². The van der Waals surface area contributed by atoms with Crippen LogP contribution in [0.1, 0.15) is 29.6 Å². The van der Waals surface area contributed by atoms with Gasteiger partial charge in [-0.05, 0) is 43.5 Å². The normalized spacial score (nSPS) is 17.4. The summed E-state index contributed by atoms with van der Waals surface area (Å²) in [6.07, 6.45) is 5.44. The van der Waals surface area contributed by atoms with Gasteiger partial charge in [-0.2, -0.15) is 4.98 Å². The van der Waals surface area contributed by atoms with Crippen molar-refractivity contribution >= 4 is 17.7 Å². The van der Waals surface area contributed by atoms with Gasteiger partial charge >= 0.3 is 0 Å². The number of amides is 1. The standard InChI is InChI=1S/C21H26FN5O2/c1-29-18-6-5-16(15-17(18)22)20(28)26-13-11-25(12-14-26)19-7-8-23-21(24-19)27-9-3-2-4-10-27/h5-8,15H,2-4,9-14H2,1H3. The Morgan fingerprint density at radius 2 is 1.76 bits per heavy atom. The Hall–Kier alpha value is -2.90. The van der Waals surface area contributed by atoms with Crippen LogP contribution in [0.3, 0.4) is 0 Å². The molecule has 0 N–H and O–H groups in total. The summed E-state index contributed by atoms with van der Waals surface area (Å²) in [6, 6.07) is 6.25. The lowest BCUT2D eigenvalue weighted by Gasteiger charge is -2.36. The largest absolute Gasteiger partial charge is 0.494 e. The molecule has 1 aromatic heterocycles. The Morgan fingerprint density at radius 1 is 1.00 bits per heavy atom. The van der Waals surface area contributed by atoms with Crippen LogP contribution >= 0.6 is 0 Å². The number of ether oxygens (including phenoxy) is 1. The van der Waals surface area contributed by atoms with Crippen molar-refractivity contribution in [3.8, 4) is 5.75 Å². The summed E-state index contributed by atoms with van der Waals surface area (Å²) in [5.41, 5.74) is 0.339. The van der Waals surface area contributed by atoms with E-state index in [1.165, 1.54) is 38.5 Å². The molecule has 4 rings (SSSR count). The highest BCUT2D eigenvalue weighted by molar-refractivity contribution is 5.94. The Labute approximate surface area is 170 Å². The molecule has 2 aromatic rings. The van der Waals surface area contributed by atoms with Gasteiger partial charge in [0.1, 0.15) is 5.82 Å². The van der Waals surface area contributed by atoms with Crippen LogP contribution in [0.15, 0.2) is 30.5 Å². The summed E-state index contributed by atoms with van der Waals surface area (Å²) in [6.45, 7) is 4.50. The summed E-state index contributed by atoms with van der Waals surface area (Å²) >= 11 is 0. The Balaban J connectivity index is 1.39. The third-order valence-corrected chi connectivity index (χ3v) is 5.56. The van der Waals surface area contributed by atoms with Gasteiger partial charge in [0.15, 0.2) is 11.6 Å². The third-order valence-electron chi connectivity index (χ3n) is 5.56. The maximum atomic E-state index is 13.9. The highest BCUT2D eigenvalue weighted by Crippen LogP contribution is 2.22. The van der Waals surface area contributed by atoms with E-state index in [-0.39, 0.29) is 11.7 Å². The van der Waals surface area contributed by atoms with E-state index >= 15 is 0 Å². The van der Waals surface area contributed by atoms with E-state index in [9.17, 15) is 9.18 Å². The number of rotatable bonds is 4. The number of nitrogens with zero attached hydrogens (tertiary/aromatic N) is 5. The van der Waals surface area contributed by atoms with E-state index in [4.69, 9.17) is 9.72 Å². The number of aromatic nitrogens is 2. The van der Waals surface area contributed by atoms with E-state index in [2.05, 4.69) is 14.8 Å². The Morgan fingerprint density at radius 3 is 2.45 bits per heavy atom. The Bertz CT molecular complexity index is 864. The third kappa shape index (κ3) is 4.26. The number of hydrogen-bond acceptors (Lipinski definition) is 6. The molecule has 0 atom stereocenters. The van der Waals surface area contributed by atoms with Gasteiger partial charge in [-0.1, -0.05) is 0 Å². The molecule has 1 amide bonds. The number of benzene rings is 1. The van der Waals surface area contributed by atoms with Gasteiger partial charge in [0.2, 0.25) is 5.95 Å². The number of piperidine rings is 1. The van der Waals surface area contributed by atoms with Gasteiger partial charge < -0.3 is 19.4 Å². The fourth-order valence-electron chi connectivity index (χ4n) is 3.88. The molecule has 154 valence electrons. The zero-order valence-electron chi connectivity index (χ0n) is 16.7. The van der Waals surface area contributed by atoms with E-state index in [1.54, 1.807) is 11.0 Å². The minimum absolute atomic E-state index is 0.139. The lowest BCUT2D eigenvalue weighted by atomic mass is 10.1. The second-order valence-corrected chi connectivity index (χ2v) is 7.39. The quantitative estimate of drug-likeness (QED) is 0.788. The second kappa shape index (κ2) is 8.63. The molecule has 2 saturated heterocycles. The number of carbonyl (C=O) groups is 1. The van der Waals surface area contributed by atoms with E-state index in [1.807, 2.05) is 12.3 Å². The van der Waals surface area contributed by atoms with Gasteiger partial charge in [0.05, 0.1) is 7.11 Å². The minimum Gasteiger partial charge on any atom is -0.494 e. The Kier molecular flexibility index (Phi) is 5.78. The predicted octanol–water partition coefficient (Wildman–Crippen LogP) is 2.58. The molecule has 0 aliphatic carbocycles. The summed E-state index contributed by atoms with van der Waals surface area (Å²) in [5, 5.41) is 0. The summed E-state index contributed by atoms with van der Waals surface area (Å²) in [5.74, 6) is 1.13. The molecule has 3 heterocycles. The summed E-state index contributed by atoms with van der Waals surface area (Å²) in [7, 11) is 1.41. The molecule has 29 heavy (non-hydrogen) atoms. The van der Waals surface area contributed by atoms with Crippen molar-refractivity contribution in [2.45, 2.75) is 19.3 Å². The van der Waals surface area contributed by atoms with Crippen LogP contribution in [0.5, 0.6) is 5.75 Å². The maximum absolute atomic E-state index is 13.9. The van der Waals surface area contributed by atoms with Gasteiger partial charge in [0, 0.05) is 51.0 Å². The smallest absolute Gasteiger partial charge is 0.254 e. The SMILES string of the molecule is COc1ccc(C(=O)N2CCN(c3ccnc(N4CCCCC4)n3)CC2)cc1F. The van der Waals surface area contributed by atoms with Crippen LogP contribution in [-0.4, -0.2) is 67.2 Å². The van der Waals surface area contributed by atoms with Crippen LogP contribution in [0.2, 0.25) is 0 Å². The highest BCUT2D eigenvalue weighted by atomic mass is 19.1. The zero-order chi connectivity index (χ0) is 20.2. The van der Waals surface area contributed by atoms with Crippen molar-refractivity contribution in [3.05, 3.63) is 41.8 Å². The topological polar surface area (TPSA) is 61.8 Å². The van der Waals surface area contributed by atoms with Crippen LogP contribution in [0, 0.1) is 5.82 Å². The molecule has 0 saturated carbocycles. The fraction of sp³-hybridized carbons (Fsp3) is 0.476. The zero-order valence-corrected chi connectivity index (χ0v) is 16.7. The van der Waals surface area contributed by atoms with Gasteiger partial charge in [-0.25, -0.2) is 9.37 Å². The van der Waals surface area contributed by atoms with Crippen molar-refractivity contribution < 1.29 is 13.9 Å². The molecule has 7 nitrogen and oxygen atoms in total. The molecule has 2 aliphatic rings. The number of hydrogen-bond donors (Lipinski definition) is 0. The number of anilines is 2. The lowest BCUT2D eigenvalue weighted by molar-refractivity contribution is 0.0746. The molecule has 2 aliphatic heterocycles. The molecule has 8 heteroatoms. The highest BCUT2D eigenvalue weighted by Gasteiger charge is 2.24. The number of piperazine rings is 1. The maximum Gasteiger partial charge on any atom is 0.254 e. The number of halogens is 1. The van der Waals surface area contributed by atoms with Gasteiger partial charge in [-0.15, -0.1) is 0 Å². The van der Waals surface area contributed by atoms with Crippen molar-refractivity contribution in [2.24, 2.45) is 0 Å². The van der Waals surface area contributed by atoms with Crippen molar-refractivity contribution in [1.82, 2.24) is 14.9 Å². The summed E-state index contributed by atoms with van der Waals surface area (Å²) < 4.78 is 18.9. The van der Waals surface area contributed by atoms with Crippen molar-refractivity contribution in [2.75, 3.05) is 56.2 Å². The fourth-order valence-corrected chi connectivity index (χ4v) is 3.88. The molecular formula is C21H26FN5O2. The first-order valence-electron chi connectivity index (χ1n) is 10.1. The molecule has 0 bridgehead atoms. The van der Waals surface area contributed by atoms with Crippen molar-refractivity contribution in [3.63, 3.8) is 0 Å². The predicted molar refractivity (Wildman–Crippen MR) is 109 cm³/mol. The second-order valence-electron chi connectivity index (χ2n) is 7.39. The average Bonchev–Trinajstić information content (AvgIpc) is 2.79. The molecular weight excluding hydrogens is 373 g/mol. The van der Waals surface area contributed by atoms with Crippen LogP contribution in [0.25, 0.3) is 0 Å². The van der Waals surface area contributed by atoms with Gasteiger partial charge in [-0.3, -0.25) is 4.79 Å². The molecule has 0 radical (unpaired) electrons. The van der Waals surface area contributed by atoms with E-state index in [0.29, 0.717) is 31.7 Å².